The Labute approximate surface area is 120 Å². The molecule has 1 aromatic carbocycles. The molecule has 2 unspecified atom stereocenters. The summed E-state index contributed by atoms with van der Waals surface area (Å²) < 4.78 is 11.6. The van der Waals surface area contributed by atoms with Crippen LogP contribution in [-0.2, 0) is 4.57 Å². The molecule has 0 spiro atoms. The number of amidine groups is 1. The van der Waals surface area contributed by atoms with Gasteiger partial charge in [0.2, 0.25) is 0 Å². The Hall–Kier alpha value is -1.37. The third-order valence-electron chi connectivity index (χ3n) is 2.89. The summed E-state index contributed by atoms with van der Waals surface area (Å²) >= 11 is 0. The highest BCUT2D eigenvalue weighted by atomic mass is 31.1. The van der Waals surface area contributed by atoms with Crippen molar-refractivity contribution >= 4 is 14.3 Å². The van der Waals surface area contributed by atoms with Gasteiger partial charge in [0, 0.05) is 33.8 Å². The molecule has 8 heteroatoms. The molecular weight excluding hydrogens is 275 g/mol. The van der Waals surface area contributed by atoms with Gasteiger partial charge in [-0.15, -0.1) is 0 Å². The minimum atomic E-state index is -1.29. The maximum absolute atomic E-state index is 11.6. The van der Waals surface area contributed by atoms with E-state index in [1.54, 1.807) is 15.2 Å². The normalized spacial score (nSPS) is 23.9. The van der Waals surface area contributed by atoms with Crippen LogP contribution >= 0.6 is 8.46 Å². The van der Waals surface area contributed by atoms with E-state index in [0.717, 1.165) is 5.56 Å². The number of benzene rings is 1. The van der Waals surface area contributed by atoms with Gasteiger partial charge in [-0.3, -0.25) is 0 Å². The van der Waals surface area contributed by atoms with E-state index in [2.05, 4.69) is 4.99 Å². The van der Waals surface area contributed by atoms with Crippen molar-refractivity contribution in [3.63, 3.8) is 0 Å². The van der Waals surface area contributed by atoms with E-state index in [0.29, 0.717) is 5.84 Å². The summed E-state index contributed by atoms with van der Waals surface area (Å²) in [6.07, 6.45) is 0. The van der Waals surface area contributed by atoms with Crippen molar-refractivity contribution in [1.29, 1.82) is 0 Å². The summed E-state index contributed by atoms with van der Waals surface area (Å²) in [5.74, 6) is 0.662. The van der Waals surface area contributed by atoms with Crippen LogP contribution in [0.3, 0.4) is 0 Å². The topological polar surface area (TPSA) is 68.4 Å². The minimum absolute atomic E-state index is 0.662. The van der Waals surface area contributed by atoms with Crippen LogP contribution in [0.25, 0.3) is 0 Å². The van der Waals surface area contributed by atoms with Crippen LogP contribution in [0.5, 0.6) is 0 Å². The maximum Gasteiger partial charge on any atom is 0.400 e. The molecule has 1 aromatic rings. The molecule has 108 valence electrons. The van der Waals surface area contributed by atoms with Crippen molar-refractivity contribution in [3.8, 4) is 0 Å². The molecule has 0 saturated carbocycles. The molecule has 7 nitrogen and oxygen atoms in total. The average Bonchev–Trinajstić information content (AvgIpc) is 2.74. The van der Waals surface area contributed by atoms with Gasteiger partial charge in [-0.1, -0.05) is 34.9 Å². The standard InChI is InChI=1S/C12H19N6OP/c1-15(2)17-11(10-8-6-5-7-9-10)14-12(13,20-19)18(17)16(3)4/h5-9H,13H2,1-4H3/p+1. The van der Waals surface area contributed by atoms with Crippen LogP contribution in [0.2, 0.25) is 0 Å². The Bertz CT molecular complexity index is 520. The Morgan fingerprint density at radius 1 is 1.15 bits per heavy atom. The lowest BCUT2D eigenvalue weighted by molar-refractivity contribution is -0.219. The number of hydrogen-bond acceptors (Lipinski definition) is 7. The van der Waals surface area contributed by atoms with Gasteiger partial charge in [-0.05, 0) is 5.12 Å². The first kappa shape index (κ1) is 15.0. The number of hydrogen-bond donors (Lipinski definition) is 1. The summed E-state index contributed by atoms with van der Waals surface area (Å²) in [4.78, 5) is 4.48. The van der Waals surface area contributed by atoms with E-state index >= 15 is 0 Å². The lowest BCUT2D eigenvalue weighted by atomic mass is 10.2. The number of rotatable bonds is 4. The number of nitrogens with two attached hydrogens (primary N) is 1. The average molecular weight is 295 g/mol. The summed E-state index contributed by atoms with van der Waals surface area (Å²) in [5, 5.41) is 7.09. The predicted octanol–water partition coefficient (Wildman–Crippen LogP) is 0.513. The van der Waals surface area contributed by atoms with Crippen LogP contribution in [-0.4, -0.2) is 59.8 Å². The van der Waals surface area contributed by atoms with Crippen LogP contribution in [0.15, 0.2) is 35.3 Å². The summed E-state index contributed by atoms with van der Waals surface area (Å²) in [5.41, 5.74) is 5.81. The van der Waals surface area contributed by atoms with Crippen LogP contribution in [0.1, 0.15) is 5.56 Å². The molecule has 2 atom stereocenters. The minimum Gasteiger partial charge on any atom is -0.248 e. The van der Waals surface area contributed by atoms with E-state index in [1.165, 1.54) is 0 Å². The zero-order valence-electron chi connectivity index (χ0n) is 12.1. The molecule has 0 aromatic heterocycles. The van der Waals surface area contributed by atoms with Gasteiger partial charge in [0.15, 0.2) is 5.84 Å². The van der Waals surface area contributed by atoms with Crippen molar-refractivity contribution < 1.29 is 4.57 Å². The third kappa shape index (κ3) is 2.46. The van der Waals surface area contributed by atoms with Gasteiger partial charge in [0.1, 0.15) is 0 Å². The van der Waals surface area contributed by atoms with Crippen molar-refractivity contribution in [3.05, 3.63) is 35.9 Å². The van der Waals surface area contributed by atoms with E-state index in [1.807, 2.05) is 63.5 Å². The van der Waals surface area contributed by atoms with E-state index in [4.69, 9.17) is 5.73 Å². The number of nitrogens with zero attached hydrogens (tertiary/aromatic N) is 5. The van der Waals surface area contributed by atoms with Crippen LogP contribution in [0.4, 0.5) is 0 Å². The van der Waals surface area contributed by atoms with Crippen LogP contribution in [0, 0.1) is 0 Å². The van der Waals surface area contributed by atoms with Crippen molar-refractivity contribution in [2.24, 2.45) is 10.7 Å². The van der Waals surface area contributed by atoms with Crippen molar-refractivity contribution in [2.75, 3.05) is 28.2 Å². The van der Waals surface area contributed by atoms with E-state index < -0.39 is 14.0 Å². The summed E-state index contributed by atoms with van der Waals surface area (Å²) in [6.45, 7) is 0. The maximum atomic E-state index is 11.6. The van der Waals surface area contributed by atoms with E-state index in [9.17, 15) is 4.57 Å². The van der Waals surface area contributed by atoms with Gasteiger partial charge in [-0.25, -0.2) is 15.8 Å². The Kier molecular flexibility index (Phi) is 4.17. The zero-order chi connectivity index (χ0) is 14.9. The lowest BCUT2D eigenvalue weighted by Crippen LogP contribution is -2.63. The van der Waals surface area contributed by atoms with Gasteiger partial charge < -0.3 is 0 Å². The number of aliphatic imine (C=N–C) groups is 1. The van der Waals surface area contributed by atoms with Gasteiger partial charge in [-0.2, -0.15) is 10.1 Å². The number of hydrazine groups is 3. The fraction of sp³-hybridized carbons (Fsp3) is 0.417. The third-order valence-corrected chi connectivity index (χ3v) is 3.50. The second-order valence-electron chi connectivity index (χ2n) is 4.90. The summed E-state index contributed by atoms with van der Waals surface area (Å²) in [7, 11) is 6.64. The molecule has 0 saturated heterocycles. The smallest absolute Gasteiger partial charge is 0.248 e. The second-order valence-corrected chi connectivity index (χ2v) is 5.84. The first-order chi connectivity index (χ1) is 9.40. The molecule has 2 N–H and O–H groups in total. The molecule has 1 aliphatic rings. The Morgan fingerprint density at radius 2 is 1.75 bits per heavy atom. The van der Waals surface area contributed by atoms with Crippen molar-refractivity contribution in [2.45, 2.75) is 5.53 Å². The molecule has 0 bridgehead atoms. The molecule has 0 fully saturated rings. The molecule has 1 aliphatic heterocycles. The van der Waals surface area contributed by atoms with Gasteiger partial charge in [0.05, 0.1) is 0 Å². The highest BCUT2D eigenvalue weighted by Gasteiger charge is 2.54. The molecule has 0 radical (unpaired) electrons. The predicted molar refractivity (Wildman–Crippen MR) is 80.0 cm³/mol. The SMILES string of the molecule is CN(C)N1C(c2ccccc2)=NC(N)([PH+]=O)N1N(C)C. The zero-order valence-corrected chi connectivity index (χ0v) is 13.1. The fourth-order valence-electron chi connectivity index (χ4n) is 2.15. The molecule has 0 amide bonds. The largest absolute Gasteiger partial charge is 0.400 e. The molecular formula is C12H20N6OP+. The molecule has 20 heavy (non-hydrogen) atoms. The Balaban J connectivity index is 2.54. The highest BCUT2D eigenvalue weighted by Crippen LogP contribution is 2.34. The fourth-order valence-corrected chi connectivity index (χ4v) is 2.68. The molecule has 0 aliphatic carbocycles. The first-order valence-electron chi connectivity index (χ1n) is 6.19. The monoisotopic (exact) mass is 295 g/mol. The first-order valence-corrected chi connectivity index (χ1v) is 7.10. The quantitative estimate of drug-likeness (QED) is 0.817. The molecule has 1 heterocycles. The van der Waals surface area contributed by atoms with Crippen LogP contribution < -0.4 is 5.73 Å². The second kappa shape index (κ2) is 5.55. The van der Waals surface area contributed by atoms with Crippen molar-refractivity contribution in [1.82, 2.24) is 20.3 Å². The van der Waals surface area contributed by atoms with E-state index in [-0.39, 0.29) is 0 Å². The lowest BCUT2D eigenvalue weighted by Gasteiger charge is -2.39. The summed E-state index contributed by atoms with van der Waals surface area (Å²) in [6, 6.07) is 9.70. The Morgan fingerprint density at radius 3 is 2.20 bits per heavy atom. The highest BCUT2D eigenvalue weighted by molar-refractivity contribution is 7.25. The van der Waals surface area contributed by atoms with Gasteiger partial charge in [0.25, 0.3) is 0 Å². The van der Waals surface area contributed by atoms with Gasteiger partial charge >= 0.3 is 14.0 Å². The molecule has 2 rings (SSSR count).